The van der Waals surface area contributed by atoms with Crippen molar-refractivity contribution in [1.29, 1.82) is 0 Å². The number of amides is 4. The fourth-order valence-electron chi connectivity index (χ4n) is 5.27. The lowest BCUT2D eigenvalue weighted by Gasteiger charge is -2.43. The number of rotatable bonds is 14. The first-order chi connectivity index (χ1) is 21.4. The summed E-state index contributed by atoms with van der Waals surface area (Å²) in [5.41, 5.74) is 7.60. The first-order valence-corrected chi connectivity index (χ1v) is 15.3. The van der Waals surface area contributed by atoms with Gasteiger partial charge in [-0.25, -0.2) is 4.79 Å². The van der Waals surface area contributed by atoms with E-state index in [0.717, 1.165) is 11.1 Å². The Morgan fingerprint density at radius 2 is 1.64 bits per heavy atom. The second-order valence-electron chi connectivity index (χ2n) is 11.6. The summed E-state index contributed by atoms with van der Waals surface area (Å²) in [5.74, 6) is -2.19. The zero-order valence-corrected chi connectivity index (χ0v) is 26.4. The van der Waals surface area contributed by atoms with Crippen LogP contribution in [0.4, 0.5) is 0 Å². The second-order valence-corrected chi connectivity index (χ2v) is 11.6. The molecule has 0 saturated carbocycles. The monoisotopic (exact) mass is 623 g/mol. The molecule has 2 aromatic carbocycles. The van der Waals surface area contributed by atoms with Gasteiger partial charge in [-0.05, 0) is 55.9 Å². The summed E-state index contributed by atoms with van der Waals surface area (Å²) in [6.45, 7) is 7.25. The smallest absolute Gasteiger partial charge is 0.328 e. The summed E-state index contributed by atoms with van der Waals surface area (Å²) in [4.78, 5) is 68.6. The molecule has 3 rings (SSSR count). The Morgan fingerprint density at radius 1 is 0.978 bits per heavy atom. The number of ether oxygens (including phenoxy) is 1. The summed E-state index contributed by atoms with van der Waals surface area (Å²) in [7, 11) is 0. The van der Waals surface area contributed by atoms with Crippen molar-refractivity contribution >= 4 is 29.6 Å². The van der Waals surface area contributed by atoms with E-state index < -0.39 is 47.9 Å². The minimum atomic E-state index is -0.976. The summed E-state index contributed by atoms with van der Waals surface area (Å²) in [5, 5.41) is 14.6. The molecule has 4 amide bonds. The molecule has 244 valence electrons. The predicted molar refractivity (Wildman–Crippen MR) is 168 cm³/mol. The molecule has 0 aromatic heterocycles. The molecule has 1 aliphatic heterocycles. The van der Waals surface area contributed by atoms with E-state index in [1.54, 1.807) is 19.1 Å². The van der Waals surface area contributed by atoms with Crippen molar-refractivity contribution in [2.75, 3.05) is 26.2 Å². The van der Waals surface area contributed by atoms with Gasteiger partial charge in [-0.3, -0.25) is 19.2 Å². The van der Waals surface area contributed by atoms with E-state index >= 15 is 0 Å². The van der Waals surface area contributed by atoms with E-state index in [1.807, 2.05) is 44.2 Å². The number of nitrogens with zero attached hydrogens (tertiary/aromatic N) is 2. The lowest BCUT2D eigenvalue weighted by Crippen LogP contribution is -2.64. The average Bonchev–Trinajstić information content (AvgIpc) is 3.01. The third-order valence-corrected chi connectivity index (χ3v) is 7.64. The van der Waals surface area contributed by atoms with Gasteiger partial charge in [0.2, 0.25) is 23.6 Å². The number of carbonyl (C=O) groups excluding carboxylic acids is 5. The number of benzene rings is 2. The van der Waals surface area contributed by atoms with Gasteiger partial charge < -0.3 is 36.0 Å². The molecular formula is C33H45N5O7. The van der Waals surface area contributed by atoms with Gasteiger partial charge in [-0.1, -0.05) is 56.3 Å². The third-order valence-electron chi connectivity index (χ3n) is 7.64. The number of carbonyl (C=O) groups is 5. The Kier molecular flexibility index (Phi) is 12.9. The fraction of sp³-hybridized carbons (Fsp3) is 0.485. The van der Waals surface area contributed by atoms with E-state index in [4.69, 9.17) is 10.5 Å². The van der Waals surface area contributed by atoms with Crippen molar-refractivity contribution in [2.45, 2.75) is 71.1 Å². The van der Waals surface area contributed by atoms with Crippen LogP contribution in [0.1, 0.15) is 45.2 Å². The van der Waals surface area contributed by atoms with Crippen molar-refractivity contribution < 1.29 is 33.8 Å². The van der Waals surface area contributed by atoms with Crippen LogP contribution in [0.15, 0.2) is 54.6 Å². The number of piperazine rings is 1. The molecule has 0 aliphatic carbocycles. The number of hydrogen-bond acceptors (Lipinski definition) is 8. The van der Waals surface area contributed by atoms with Gasteiger partial charge in [0.05, 0.1) is 19.2 Å². The molecule has 0 radical (unpaired) electrons. The van der Waals surface area contributed by atoms with Crippen LogP contribution in [-0.2, 0) is 41.6 Å². The lowest BCUT2D eigenvalue weighted by molar-refractivity contribution is -0.163. The zero-order chi connectivity index (χ0) is 33.1. The number of aromatic hydroxyl groups is 1. The molecule has 1 heterocycles. The highest BCUT2D eigenvalue weighted by Crippen LogP contribution is 2.23. The lowest BCUT2D eigenvalue weighted by atomic mass is 9.97. The first-order valence-electron chi connectivity index (χ1n) is 15.3. The maximum Gasteiger partial charge on any atom is 0.328 e. The van der Waals surface area contributed by atoms with Gasteiger partial charge in [-0.2, -0.15) is 0 Å². The van der Waals surface area contributed by atoms with Gasteiger partial charge >= 0.3 is 5.97 Å². The van der Waals surface area contributed by atoms with Crippen LogP contribution in [0, 0.1) is 5.92 Å². The van der Waals surface area contributed by atoms with E-state index in [-0.39, 0.29) is 56.7 Å². The van der Waals surface area contributed by atoms with Gasteiger partial charge in [0.1, 0.15) is 23.9 Å². The number of nitrogens with one attached hydrogen (secondary N) is 2. The van der Waals surface area contributed by atoms with Crippen molar-refractivity contribution in [3.05, 3.63) is 65.7 Å². The number of hydrogen-bond donors (Lipinski definition) is 4. The van der Waals surface area contributed by atoms with Crippen LogP contribution in [0.3, 0.4) is 0 Å². The summed E-state index contributed by atoms with van der Waals surface area (Å²) in [6.07, 6.45) is 0.864. The number of phenolic OH excluding ortho intramolecular Hbond substituents is 1. The molecule has 0 bridgehead atoms. The Morgan fingerprint density at radius 3 is 2.27 bits per heavy atom. The Hall–Kier alpha value is -4.45. The Labute approximate surface area is 264 Å². The number of phenols is 1. The number of esters is 1. The molecule has 0 spiro atoms. The van der Waals surface area contributed by atoms with Crippen LogP contribution in [0.5, 0.6) is 5.75 Å². The second kappa shape index (κ2) is 16.6. The van der Waals surface area contributed by atoms with Crippen LogP contribution in [-0.4, -0.2) is 94.9 Å². The first kappa shape index (κ1) is 35.0. The Bertz CT molecular complexity index is 1320. The highest BCUT2D eigenvalue weighted by molar-refractivity contribution is 5.95. The van der Waals surface area contributed by atoms with Crippen molar-refractivity contribution in [3.8, 4) is 5.75 Å². The summed E-state index contributed by atoms with van der Waals surface area (Å²) < 4.78 is 5.29. The maximum absolute atomic E-state index is 13.9. The van der Waals surface area contributed by atoms with Crippen LogP contribution >= 0.6 is 0 Å². The molecule has 45 heavy (non-hydrogen) atoms. The van der Waals surface area contributed by atoms with Crippen molar-refractivity contribution in [2.24, 2.45) is 11.7 Å². The van der Waals surface area contributed by atoms with E-state index in [1.165, 1.54) is 28.9 Å². The normalized spacial score (nSPS) is 16.9. The van der Waals surface area contributed by atoms with E-state index in [9.17, 15) is 29.1 Å². The quantitative estimate of drug-likeness (QED) is 0.227. The van der Waals surface area contributed by atoms with Crippen molar-refractivity contribution in [3.63, 3.8) is 0 Å². The van der Waals surface area contributed by atoms with Crippen molar-refractivity contribution in [1.82, 2.24) is 20.4 Å². The Balaban J connectivity index is 1.66. The SMILES string of the molecule is CCOC(=O)[C@@H](CC(C)C)N1CCN(C(=O)CNC(=O)[C@@H](C)NC(=O)[C@@H](N)Cc2ccc(O)cc2)[C@@H](Cc2ccccc2)C1=O. The summed E-state index contributed by atoms with van der Waals surface area (Å²) >= 11 is 0. The number of nitrogens with two attached hydrogens (primary N) is 1. The summed E-state index contributed by atoms with van der Waals surface area (Å²) in [6, 6.07) is 12.0. The van der Waals surface area contributed by atoms with E-state index in [0.29, 0.717) is 6.42 Å². The van der Waals surface area contributed by atoms with Gasteiger partial charge in [-0.15, -0.1) is 0 Å². The van der Waals surface area contributed by atoms with Crippen LogP contribution in [0.2, 0.25) is 0 Å². The topological polar surface area (TPSA) is 171 Å². The molecule has 12 heteroatoms. The molecule has 5 N–H and O–H groups in total. The highest BCUT2D eigenvalue weighted by atomic mass is 16.5. The molecule has 1 saturated heterocycles. The predicted octanol–water partition coefficient (Wildman–Crippen LogP) is 1.14. The molecular weight excluding hydrogens is 578 g/mol. The minimum Gasteiger partial charge on any atom is -0.508 e. The minimum absolute atomic E-state index is 0.0984. The van der Waals surface area contributed by atoms with E-state index in [2.05, 4.69) is 10.6 Å². The van der Waals surface area contributed by atoms with Crippen LogP contribution < -0.4 is 16.4 Å². The van der Waals surface area contributed by atoms with Crippen LogP contribution in [0.25, 0.3) is 0 Å². The molecule has 1 aliphatic rings. The highest BCUT2D eigenvalue weighted by Gasteiger charge is 2.42. The molecule has 4 atom stereocenters. The van der Waals surface area contributed by atoms with Gasteiger partial charge in [0.15, 0.2) is 0 Å². The standard InChI is InChI=1S/C33H45N5O7/c1-5-45-33(44)28(17-21(2)3)38-16-15-37(27(32(38)43)19-23-9-7-6-8-10-23)29(40)20-35-30(41)22(4)36-31(42)26(34)18-24-11-13-25(39)14-12-24/h6-14,21-22,26-28,39H,5,15-20,34H2,1-4H3,(H,35,41)(H,36,42)/t22-,26+,27+,28-/m1/s1. The van der Waals surface area contributed by atoms with Gasteiger partial charge in [0, 0.05) is 19.5 Å². The zero-order valence-electron chi connectivity index (χ0n) is 26.4. The largest absolute Gasteiger partial charge is 0.508 e. The molecule has 0 unspecified atom stereocenters. The molecule has 2 aromatic rings. The maximum atomic E-state index is 13.9. The third kappa shape index (κ3) is 10.0. The average molecular weight is 624 g/mol. The molecule has 1 fully saturated rings. The van der Waals surface area contributed by atoms with Gasteiger partial charge in [0.25, 0.3) is 0 Å². The fourth-order valence-corrected chi connectivity index (χ4v) is 5.27. The molecule has 12 nitrogen and oxygen atoms in total.